The molecule has 0 radical (unpaired) electrons. The number of hydrogen-bond acceptors (Lipinski definition) is 4. The molecule has 2 rings (SSSR count). The summed E-state index contributed by atoms with van der Waals surface area (Å²) in [6, 6.07) is 1.72. The summed E-state index contributed by atoms with van der Waals surface area (Å²) in [5, 5.41) is 9.04. The summed E-state index contributed by atoms with van der Waals surface area (Å²) in [4.78, 5) is 16.5. The molecule has 22 heavy (non-hydrogen) atoms. The van der Waals surface area contributed by atoms with Gasteiger partial charge in [-0.25, -0.2) is 8.42 Å². The van der Waals surface area contributed by atoms with Crippen molar-refractivity contribution in [2.75, 3.05) is 13.2 Å². The number of benzene rings is 1. The van der Waals surface area contributed by atoms with Crippen LogP contribution in [0.1, 0.15) is 35.1 Å². The molecule has 7 heteroatoms. The highest BCUT2D eigenvalue weighted by Crippen LogP contribution is 2.30. The second-order valence-electron chi connectivity index (χ2n) is 5.59. The molecule has 0 amide bonds. The van der Waals surface area contributed by atoms with Crippen LogP contribution in [0.15, 0.2) is 11.0 Å². The van der Waals surface area contributed by atoms with E-state index >= 15 is 0 Å². The Morgan fingerprint density at radius 3 is 2.50 bits per heavy atom. The van der Waals surface area contributed by atoms with Crippen LogP contribution in [0.5, 0.6) is 0 Å². The zero-order valence-corrected chi connectivity index (χ0v) is 13.9. The lowest BCUT2D eigenvalue weighted by Crippen LogP contribution is -2.36. The van der Waals surface area contributed by atoms with Crippen LogP contribution in [-0.4, -0.2) is 37.1 Å². The van der Waals surface area contributed by atoms with E-state index in [9.17, 15) is 13.2 Å². The highest BCUT2D eigenvalue weighted by atomic mass is 32.2. The number of aryl methyl sites for hydroxylation is 2. The van der Waals surface area contributed by atoms with Gasteiger partial charge in [0.25, 0.3) is 10.0 Å². The van der Waals surface area contributed by atoms with E-state index in [1.54, 1.807) is 26.8 Å². The van der Waals surface area contributed by atoms with Gasteiger partial charge < -0.3 is 5.11 Å². The summed E-state index contributed by atoms with van der Waals surface area (Å²) in [7, 11) is -3.78. The first-order chi connectivity index (χ1) is 10.2. The summed E-state index contributed by atoms with van der Waals surface area (Å²) in [5.41, 5.74) is 2.44. The third kappa shape index (κ3) is 3.16. The van der Waals surface area contributed by atoms with E-state index in [2.05, 4.69) is 0 Å². The predicted octanol–water partition coefficient (Wildman–Crippen LogP) is 1.96. The van der Waals surface area contributed by atoms with E-state index in [4.69, 9.17) is 9.94 Å². The Bertz CT molecular complexity index is 690. The normalized spacial score (nSPS) is 16.7. The average Bonchev–Trinajstić information content (AvgIpc) is 2.43. The molecular weight excluding hydrogens is 306 g/mol. The molecule has 0 aromatic heterocycles. The minimum absolute atomic E-state index is 0.163. The Labute approximate surface area is 130 Å². The van der Waals surface area contributed by atoms with Crippen LogP contribution in [0.2, 0.25) is 0 Å². The molecule has 0 atom stereocenters. The summed E-state index contributed by atoms with van der Waals surface area (Å²) < 4.78 is 26.7. The van der Waals surface area contributed by atoms with Crippen molar-refractivity contribution in [3.05, 3.63) is 28.3 Å². The van der Waals surface area contributed by atoms with Gasteiger partial charge in [0, 0.05) is 6.54 Å². The van der Waals surface area contributed by atoms with Crippen LogP contribution in [0.4, 0.5) is 0 Å². The third-order valence-corrected chi connectivity index (χ3v) is 5.85. The average molecular weight is 327 g/mol. The van der Waals surface area contributed by atoms with Crippen molar-refractivity contribution >= 4 is 16.0 Å². The second-order valence-corrected chi connectivity index (χ2v) is 7.35. The van der Waals surface area contributed by atoms with Crippen molar-refractivity contribution in [2.45, 2.75) is 44.9 Å². The van der Waals surface area contributed by atoms with Crippen molar-refractivity contribution in [2.24, 2.45) is 0 Å². The fourth-order valence-corrected chi connectivity index (χ4v) is 4.65. The van der Waals surface area contributed by atoms with Crippen LogP contribution >= 0.6 is 0 Å². The van der Waals surface area contributed by atoms with Gasteiger partial charge in [0.05, 0.1) is 17.9 Å². The Kier molecular flexibility index (Phi) is 4.89. The maximum Gasteiger partial charge on any atom is 0.307 e. The van der Waals surface area contributed by atoms with Crippen molar-refractivity contribution in [3.63, 3.8) is 0 Å². The van der Waals surface area contributed by atoms with E-state index in [1.807, 2.05) is 0 Å². The molecule has 1 aliphatic heterocycles. The lowest BCUT2D eigenvalue weighted by Gasteiger charge is -2.27. The van der Waals surface area contributed by atoms with Gasteiger partial charge >= 0.3 is 5.97 Å². The van der Waals surface area contributed by atoms with Crippen molar-refractivity contribution in [1.82, 2.24) is 4.47 Å². The molecule has 0 bridgehead atoms. The van der Waals surface area contributed by atoms with Crippen LogP contribution < -0.4 is 0 Å². The molecule has 1 saturated heterocycles. The number of nitrogens with zero attached hydrogens (tertiary/aromatic N) is 1. The standard InChI is InChI=1S/C15H21NO5S/c1-10-8-11(2)15(12(3)13(10)9-14(17)18)22(19,20)16-6-4-5-7-21-16/h8H,4-7,9H2,1-3H3,(H,17,18). The monoisotopic (exact) mass is 327 g/mol. The molecule has 1 aliphatic rings. The number of hydrogen-bond donors (Lipinski definition) is 1. The Morgan fingerprint density at radius 2 is 1.95 bits per heavy atom. The van der Waals surface area contributed by atoms with Crippen LogP contribution in [-0.2, 0) is 26.1 Å². The number of carbonyl (C=O) groups is 1. The number of carboxylic acid groups (broad SMARTS) is 1. The van der Waals surface area contributed by atoms with Crippen molar-refractivity contribution < 1.29 is 23.2 Å². The Balaban J connectivity index is 2.56. The highest BCUT2D eigenvalue weighted by molar-refractivity contribution is 7.89. The summed E-state index contributed by atoms with van der Waals surface area (Å²) >= 11 is 0. The van der Waals surface area contributed by atoms with Crippen LogP contribution in [0, 0.1) is 20.8 Å². The van der Waals surface area contributed by atoms with Crippen molar-refractivity contribution in [1.29, 1.82) is 0 Å². The smallest absolute Gasteiger partial charge is 0.307 e. The number of rotatable bonds is 4. The molecule has 0 spiro atoms. The fraction of sp³-hybridized carbons (Fsp3) is 0.533. The van der Waals surface area contributed by atoms with E-state index in [1.165, 1.54) is 0 Å². The Hall–Kier alpha value is -1.44. The summed E-state index contributed by atoms with van der Waals surface area (Å²) in [6.07, 6.45) is 1.40. The number of hydroxylamine groups is 1. The molecule has 0 saturated carbocycles. The number of carboxylic acids is 1. The van der Waals surface area contributed by atoms with E-state index in [-0.39, 0.29) is 11.3 Å². The number of aliphatic carboxylic acids is 1. The third-order valence-electron chi connectivity index (χ3n) is 3.88. The molecule has 1 fully saturated rings. The zero-order chi connectivity index (χ0) is 16.5. The first-order valence-electron chi connectivity index (χ1n) is 7.22. The molecule has 6 nitrogen and oxygen atoms in total. The maximum atomic E-state index is 12.8. The molecule has 1 heterocycles. The van der Waals surface area contributed by atoms with Gasteiger partial charge in [0.2, 0.25) is 0 Å². The molecular formula is C15H21NO5S. The maximum absolute atomic E-state index is 12.8. The van der Waals surface area contributed by atoms with E-state index < -0.39 is 16.0 Å². The van der Waals surface area contributed by atoms with Gasteiger partial charge in [-0.2, -0.15) is 0 Å². The first kappa shape index (κ1) is 16.9. The minimum atomic E-state index is -3.78. The zero-order valence-electron chi connectivity index (χ0n) is 13.0. The number of sulfonamides is 1. The lowest BCUT2D eigenvalue weighted by molar-refractivity contribution is -0.136. The van der Waals surface area contributed by atoms with E-state index in [0.29, 0.717) is 29.8 Å². The molecule has 122 valence electrons. The quantitative estimate of drug-likeness (QED) is 0.914. The summed E-state index contributed by atoms with van der Waals surface area (Å²) in [5.74, 6) is -0.979. The van der Waals surface area contributed by atoms with Gasteiger partial charge in [-0.15, -0.1) is 0 Å². The summed E-state index contributed by atoms with van der Waals surface area (Å²) in [6.45, 7) is 5.89. The fourth-order valence-electron chi connectivity index (χ4n) is 2.89. The van der Waals surface area contributed by atoms with Gasteiger partial charge in [-0.1, -0.05) is 10.5 Å². The largest absolute Gasteiger partial charge is 0.481 e. The lowest BCUT2D eigenvalue weighted by atomic mass is 9.97. The van der Waals surface area contributed by atoms with E-state index in [0.717, 1.165) is 22.9 Å². The molecule has 1 aromatic rings. The first-order valence-corrected chi connectivity index (χ1v) is 8.66. The highest BCUT2D eigenvalue weighted by Gasteiger charge is 2.31. The SMILES string of the molecule is Cc1cc(C)c(S(=O)(=O)N2CCCCO2)c(C)c1CC(=O)O. The molecule has 1 N–H and O–H groups in total. The van der Waals surface area contributed by atoms with Crippen LogP contribution in [0.3, 0.4) is 0 Å². The van der Waals surface area contributed by atoms with Gasteiger partial charge in [0.15, 0.2) is 0 Å². The molecule has 1 aromatic carbocycles. The minimum Gasteiger partial charge on any atom is -0.481 e. The Morgan fingerprint density at radius 1 is 1.27 bits per heavy atom. The predicted molar refractivity (Wildman–Crippen MR) is 81.1 cm³/mol. The van der Waals surface area contributed by atoms with Gasteiger partial charge in [-0.3, -0.25) is 9.63 Å². The van der Waals surface area contributed by atoms with Gasteiger partial charge in [0.1, 0.15) is 0 Å². The molecule has 0 unspecified atom stereocenters. The van der Waals surface area contributed by atoms with Gasteiger partial charge in [-0.05, 0) is 55.9 Å². The molecule has 0 aliphatic carbocycles. The van der Waals surface area contributed by atoms with Crippen molar-refractivity contribution in [3.8, 4) is 0 Å². The topological polar surface area (TPSA) is 83.9 Å². The van der Waals surface area contributed by atoms with Crippen LogP contribution in [0.25, 0.3) is 0 Å². The second kappa shape index (κ2) is 6.36.